The lowest BCUT2D eigenvalue weighted by Crippen LogP contribution is -2.36. The van der Waals surface area contributed by atoms with E-state index in [1.807, 2.05) is 44.2 Å². The molecule has 1 aromatic rings. The van der Waals surface area contributed by atoms with E-state index in [0.29, 0.717) is 6.54 Å². The summed E-state index contributed by atoms with van der Waals surface area (Å²) in [5.74, 6) is 0. The Morgan fingerprint density at radius 3 is 2.57 bits per heavy atom. The van der Waals surface area contributed by atoms with Gasteiger partial charge in [0.2, 0.25) is 0 Å². The van der Waals surface area contributed by atoms with Gasteiger partial charge >= 0.3 is 6.03 Å². The van der Waals surface area contributed by atoms with E-state index in [2.05, 4.69) is 10.6 Å². The highest BCUT2D eigenvalue weighted by Crippen LogP contribution is 2.10. The highest BCUT2D eigenvalue weighted by molar-refractivity contribution is 5.74. The van der Waals surface area contributed by atoms with Gasteiger partial charge in [-0.1, -0.05) is 30.3 Å². The van der Waals surface area contributed by atoms with Crippen LogP contribution in [0.1, 0.15) is 25.5 Å². The average molecular weight is 192 g/mol. The van der Waals surface area contributed by atoms with Crippen LogP contribution >= 0.6 is 0 Å². The largest absolute Gasteiger partial charge is 0.338 e. The van der Waals surface area contributed by atoms with Crippen LogP contribution in [0.25, 0.3) is 0 Å². The maximum atomic E-state index is 11.2. The van der Waals surface area contributed by atoms with E-state index in [0.717, 1.165) is 5.56 Å². The average Bonchev–Trinajstić information content (AvgIpc) is 2.19. The van der Waals surface area contributed by atoms with Crippen molar-refractivity contribution in [2.45, 2.75) is 19.9 Å². The van der Waals surface area contributed by atoms with Crippen LogP contribution in [-0.4, -0.2) is 12.6 Å². The fraction of sp³-hybridized carbons (Fsp3) is 0.364. The number of hydrogen-bond acceptors (Lipinski definition) is 1. The topological polar surface area (TPSA) is 41.1 Å². The molecule has 3 nitrogen and oxygen atoms in total. The van der Waals surface area contributed by atoms with Crippen LogP contribution in [0, 0.1) is 0 Å². The van der Waals surface area contributed by atoms with Gasteiger partial charge in [-0.25, -0.2) is 4.79 Å². The Morgan fingerprint density at radius 2 is 2.00 bits per heavy atom. The SMILES string of the molecule is CCNC(=O)N[C@H](C)c1ccccc1. The predicted octanol–water partition coefficient (Wildman–Crippen LogP) is 2.07. The van der Waals surface area contributed by atoms with Crippen molar-refractivity contribution in [1.29, 1.82) is 0 Å². The second kappa shape index (κ2) is 5.27. The molecule has 1 rings (SSSR count). The zero-order valence-electron chi connectivity index (χ0n) is 8.58. The first kappa shape index (κ1) is 10.6. The van der Waals surface area contributed by atoms with Crippen molar-refractivity contribution in [3.8, 4) is 0 Å². The lowest BCUT2D eigenvalue weighted by Gasteiger charge is -2.14. The van der Waals surface area contributed by atoms with Gasteiger partial charge in [0.15, 0.2) is 0 Å². The van der Waals surface area contributed by atoms with Crippen molar-refractivity contribution in [2.24, 2.45) is 0 Å². The van der Waals surface area contributed by atoms with Gasteiger partial charge in [0, 0.05) is 6.54 Å². The number of rotatable bonds is 3. The van der Waals surface area contributed by atoms with Gasteiger partial charge < -0.3 is 10.6 Å². The standard InChI is InChI=1S/C11H16N2O/c1-3-12-11(14)13-9(2)10-7-5-4-6-8-10/h4-9H,3H2,1-2H3,(H2,12,13,14)/t9-/m1/s1. The van der Waals surface area contributed by atoms with Gasteiger partial charge in [-0.15, -0.1) is 0 Å². The van der Waals surface area contributed by atoms with E-state index < -0.39 is 0 Å². The minimum Gasteiger partial charge on any atom is -0.338 e. The molecule has 1 aromatic carbocycles. The van der Waals surface area contributed by atoms with Gasteiger partial charge in [-0.05, 0) is 19.4 Å². The third kappa shape index (κ3) is 3.09. The number of nitrogens with one attached hydrogen (secondary N) is 2. The minimum atomic E-state index is -0.121. The molecule has 0 unspecified atom stereocenters. The van der Waals surface area contributed by atoms with Gasteiger partial charge in [0.1, 0.15) is 0 Å². The molecular formula is C11H16N2O. The number of benzene rings is 1. The van der Waals surface area contributed by atoms with Gasteiger partial charge in [0.05, 0.1) is 6.04 Å². The van der Waals surface area contributed by atoms with E-state index in [9.17, 15) is 4.79 Å². The number of carbonyl (C=O) groups is 1. The predicted molar refractivity (Wildman–Crippen MR) is 57.1 cm³/mol. The fourth-order valence-corrected chi connectivity index (χ4v) is 1.23. The third-order valence-corrected chi connectivity index (χ3v) is 1.98. The Bertz CT molecular complexity index is 285. The van der Waals surface area contributed by atoms with Crippen molar-refractivity contribution in [1.82, 2.24) is 10.6 Å². The Kier molecular flexibility index (Phi) is 3.98. The molecule has 0 aliphatic rings. The Hall–Kier alpha value is -1.51. The molecule has 0 aliphatic carbocycles. The lowest BCUT2D eigenvalue weighted by molar-refractivity contribution is 0.238. The molecule has 0 bridgehead atoms. The van der Waals surface area contributed by atoms with E-state index in [1.54, 1.807) is 0 Å². The first-order valence-corrected chi connectivity index (χ1v) is 4.83. The van der Waals surface area contributed by atoms with Gasteiger partial charge in [0.25, 0.3) is 0 Å². The van der Waals surface area contributed by atoms with E-state index >= 15 is 0 Å². The molecule has 3 heteroatoms. The summed E-state index contributed by atoms with van der Waals surface area (Å²) in [7, 11) is 0. The first-order chi connectivity index (χ1) is 6.74. The summed E-state index contributed by atoms with van der Waals surface area (Å²) >= 11 is 0. The molecule has 14 heavy (non-hydrogen) atoms. The second-order valence-corrected chi connectivity index (χ2v) is 3.14. The van der Waals surface area contributed by atoms with Crippen molar-refractivity contribution in [2.75, 3.05) is 6.54 Å². The van der Waals surface area contributed by atoms with Crippen LogP contribution in [0.4, 0.5) is 4.79 Å². The van der Waals surface area contributed by atoms with Crippen LogP contribution in [0.15, 0.2) is 30.3 Å². The summed E-state index contributed by atoms with van der Waals surface area (Å²) in [6.45, 7) is 4.50. The van der Waals surface area contributed by atoms with E-state index in [1.165, 1.54) is 0 Å². The van der Waals surface area contributed by atoms with E-state index in [4.69, 9.17) is 0 Å². The van der Waals surface area contributed by atoms with Gasteiger partial charge in [-0.2, -0.15) is 0 Å². The monoisotopic (exact) mass is 192 g/mol. The molecule has 0 heterocycles. The van der Waals surface area contributed by atoms with Crippen molar-refractivity contribution >= 4 is 6.03 Å². The van der Waals surface area contributed by atoms with Crippen LogP contribution in [0.3, 0.4) is 0 Å². The first-order valence-electron chi connectivity index (χ1n) is 4.83. The molecule has 0 radical (unpaired) electrons. The number of hydrogen-bond donors (Lipinski definition) is 2. The lowest BCUT2D eigenvalue weighted by atomic mass is 10.1. The van der Waals surface area contributed by atoms with Crippen LogP contribution in [0.2, 0.25) is 0 Å². The zero-order chi connectivity index (χ0) is 10.4. The fourth-order valence-electron chi connectivity index (χ4n) is 1.23. The molecule has 0 aromatic heterocycles. The highest BCUT2D eigenvalue weighted by Gasteiger charge is 2.06. The molecule has 0 saturated heterocycles. The van der Waals surface area contributed by atoms with Crippen molar-refractivity contribution in [3.05, 3.63) is 35.9 Å². The molecule has 0 spiro atoms. The summed E-state index contributed by atoms with van der Waals surface area (Å²) in [6.07, 6.45) is 0. The molecule has 0 fully saturated rings. The summed E-state index contributed by atoms with van der Waals surface area (Å²) in [4.78, 5) is 11.2. The smallest absolute Gasteiger partial charge is 0.315 e. The molecule has 1 atom stereocenters. The van der Waals surface area contributed by atoms with Crippen LogP contribution in [-0.2, 0) is 0 Å². The van der Waals surface area contributed by atoms with Crippen LogP contribution < -0.4 is 10.6 Å². The summed E-state index contributed by atoms with van der Waals surface area (Å²) in [5, 5.41) is 5.54. The van der Waals surface area contributed by atoms with Gasteiger partial charge in [-0.3, -0.25) is 0 Å². The molecule has 0 saturated carbocycles. The number of urea groups is 1. The Balaban J connectivity index is 2.50. The quantitative estimate of drug-likeness (QED) is 0.756. The number of carbonyl (C=O) groups excluding carboxylic acids is 1. The summed E-state index contributed by atoms with van der Waals surface area (Å²) < 4.78 is 0. The van der Waals surface area contributed by atoms with Crippen LogP contribution in [0.5, 0.6) is 0 Å². The zero-order valence-corrected chi connectivity index (χ0v) is 8.58. The van der Waals surface area contributed by atoms with Crippen molar-refractivity contribution < 1.29 is 4.79 Å². The highest BCUT2D eigenvalue weighted by atomic mass is 16.2. The summed E-state index contributed by atoms with van der Waals surface area (Å²) in [6, 6.07) is 9.80. The maximum absolute atomic E-state index is 11.2. The third-order valence-electron chi connectivity index (χ3n) is 1.98. The second-order valence-electron chi connectivity index (χ2n) is 3.14. The minimum absolute atomic E-state index is 0.0442. The Labute approximate surface area is 84.5 Å². The molecule has 2 N–H and O–H groups in total. The van der Waals surface area contributed by atoms with Crippen molar-refractivity contribution in [3.63, 3.8) is 0 Å². The maximum Gasteiger partial charge on any atom is 0.315 e. The normalized spacial score (nSPS) is 11.9. The Morgan fingerprint density at radius 1 is 1.36 bits per heavy atom. The molecular weight excluding hydrogens is 176 g/mol. The van der Waals surface area contributed by atoms with E-state index in [-0.39, 0.29) is 12.1 Å². The molecule has 0 aliphatic heterocycles. The molecule has 76 valence electrons. The molecule has 2 amide bonds. The summed E-state index contributed by atoms with van der Waals surface area (Å²) in [5.41, 5.74) is 1.11. The number of amides is 2.